The van der Waals surface area contributed by atoms with Gasteiger partial charge in [-0.1, -0.05) is 11.6 Å². The molecule has 0 aliphatic carbocycles. The molecule has 0 bridgehead atoms. The molecular formula is C12H12ClNO2. The molecule has 1 rings (SSSR count). The molecule has 3 nitrogen and oxygen atoms in total. The van der Waals surface area contributed by atoms with E-state index < -0.39 is 0 Å². The van der Waals surface area contributed by atoms with Crippen LogP contribution in [0.15, 0.2) is 12.1 Å². The molecule has 0 aliphatic heterocycles. The molecule has 0 spiro atoms. The summed E-state index contributed by atoms with van der Waals surface area (Å²) in [5.74, 6) is -0.286. The number of halogens is 1. The third-order valence-electron chi connectivity index (χ3n) is 2.19. The van der Waals surface area contributed by atoms with Gasteiger partial charge in [-0.2, -0.15) is 5.26 Å². The molecule has 16 heavy (non-hydrogen) atoms. The fourth-order valence-corrected chi connectivity index (χ4v) is 1.59. The third-order valence-corrected chi connectivity index (χ3v) is 2.50. The molecule has 0 unspecified atom stereocenters. The summed E-state index contributed by atoms with van der Waals surface area (Å²) in [7, 11) is 0. The van der Waals surface area contributed by atoms with E-state index in [4.69, 9.17) is 21.6 Å². The smallest absolute Gasteiger partial charge is 0.310 e. The Kier molecular flexibility index (Phi) is 4.33. The summed E-state index contributed by atoms with van der Waals surface area (Å²) in [5, 5.41) is 9.14. The van der Waals surface area contributed by atoms with Crippen molar-refractivity contribution in [1.29, 1.82) is 5.26 Å². The SMILES string of the molecule is CCOC(=O)Cc1cc(Cl)c(C#N)cc1C. The number of benzene rings is 1. The van der Waals surface area contributed by atoms with Crippen LogP contribution in [0.1, 0.15) is 23.6 Å². The molecule has 4 heteroatoms. The van der Waals surface area contributed by atoms with Crippen LogP contribution in [-0.4, -0.2) is 12.6 Å². The van der Waals surface area contributed by atoms with E-state index in [1.807, 2.05) is 13.0 Å². The van der Waals surface area contributed by atoms with Gasteiger partial charge in [-0.25, -0.2) is 0 Å². The number of nitrogens with zero attached hydrogens (tertiary/aromatic N) is 1. The molecule has 0 fully saturated rings. The zero-order chi connectivity index (χ0) is 12.1. The molecule has 0 saturated carbocycles. The van der Waals surface area contributed by atoms with Crippen LogP contribution in [-0.2, 0) is 16.0 Å². The highest BCUT2D eigenvalue weighted by Crippen LogP contribution is 2.21. The molecule has 0 aliphatic rings. The van der Waals surface area contributed by atoms with Crippen molar-refractivity contribution in [2.75, 3.05) is 6.61 Å². The first kappa shape index (κ1) is 12.5. The minimum absolute atomic E-state index is 0.186. The van der Waals surface area contributed by atoms with Crippen LogP contribution in [0.3, 0.4) is 0 Å². The topological polar surface area (TPSA) is 50.1 Å². The Morgan fingerprint density at radius 2 is 2.25 bits per heavy atom. The van der Waals surface area contributed by atoms with Crippen molar-refractivity contribution in [2.45, 2.75) is 20.3 Å². The number of hydrogen-bond donors (Lipinski definition) is 0. The number of carbonyl (C=O) groups is 1. The van der Waals surface area contributed by atoms with E-state index in [1.54, 1.807) is 19.1 Å². The van der Waals surface area contributed by atoms with Gasteiger partial charge >= 0.3 is 5.97 Å². The highest BCUT2D eigenvalue weighted by Gasteiger charge is 2.10. The predicted octanol–water partition coefficient (Wildman–Crippen LogP) is 2.63. The van der Waals surface area contributed by atoms with Gasteiger partial charge in [0.15, 0.2) is 0 Å². The first-order valence-electron chi connectivity index (χ1n) is 4.93. The first-order chi connectivity index (χ1) is 7.58. The van der Waals surface area contributed by atoms with Crippen LogP contribution < -0.4 is 0 Å². The van der Waals surface area contributed by atoms with E-state index in [2.05, 4.69) is 0 Å². The van der Waals surface area contributed by atoms with E-state index in [1.165, 1.54) is 0 Å². The highest BCUT2D eigenvalue weighted by atomic mass is 35.5. The number of esters is 1. The van der Waals surface area contributed by atoms with Gasteiger partial charge in [-0.3, -0.25) is 4.79 Å². The van der Waals surface area contributed by atoms with Crippen molar-refractivity contribution in [2.24, 2.45) is 0 Å². The Balaban J connectivity index is 2.95. The van der Waals surface area contributed by atoms with E-state index >= 15 is 0 Å². The summed E-state index contributed by atoms with van der Waals surface area (Å²) in [5.41, 5.74) is 2.09. The Morgan fingerprint density at radius 1 is 1.56 bits per heavy atom. The average Bonchev–Trinajstić information content (AvgIpc) is 2.23. The lowest BCUT2D eigenvalue weighted by molar-refractivity contribution is -0.142. The van der Waals surface area contributed by atoms with Gasteiger partial charge in [0.25, 0.3) is 0 Å². The fraction of sp³-hybridized carbons (Fsp3) is 0.333. The minimum Gasteiger partial charge on any atom is -0.466 e. The number of rotatable bonds is 3. The van der Waals surface area contributed by atoms with Crippen molar-refractivity contribution in [3.63, 3.8) is 0 Å². The molecule has 0 amide bonds. The molecule has 0 heterocycles. The number of carbonyl (C=O) groups excluding carboxylic acids is 1. The first-order valence-corrected chi connectivity index (χ1v) is 5.31. The number of aryl methyl sites for hydroxylation is 1. The Hall–Kier alpha value is -1.53. The van der Waals surface area contributed by atoms with Gasteiger partial charge in [0.05, 0.1) is 23.6 Å². The highest BCUT2D eigenvalue weighted by molar-refractivity contribution is 6.31. The van der Waals surface area contributed by atoms with Crippen molar-refractivity contribution in [3.05, 3.63) is 33.8 Å². The maximum Gasteiger partial charge on any atom is 0.310 e. The zero-order valence-corrected chi connectivity index (χ0v) is 9.97. The van der Waals surface area contributed by atoms with E-state index in [9.17, 15) is 4.79 Å². The maximum absolute atomic E-state index is 11.3. The summed E-state index contributed by atoms with van der Waals surface area (Å²) >= 11 is 5.89. The van der Waals surface area contributed by atoms with Gasteiger partial charge in [0.1, 0.15) is 6.07 Å². The minimum atomic E-state index is -0.286. The molecule has 1 aromatic rings. The Bertz CT molecular complexity index is 449. The van der Waals surface area contributed by atoms with Crippen LogP contribution in [0.25, 0.3) is 0 Å². The zero-order valence-electron chi connectivity index (χ0n) is 9.21. The van der Waals surface area contributed by atoms with Crippen LogP contribution in [0.2, 0.25) is 5.02 Å². The van der Waals surface area contributed by atoms with Crippen LogP contribution in [0.5, 0.6) is 0 Å². The van der Waals surface area contributed by atoms with Gasteiger partial charge in [0, 0.05) is 0 Å². The summed E-state index contributed by atoms with van der Waals surface area (Å²) in [6.45, 7) is 3.96. The largest absolute Gasteiger partial charge is 0.466 e. The van der Waals surface area contributed by atoms with Crippen LogP contribution >= 0.6 is 11.6 Å². The number of ether oxygens (including phenoxy) is 1. The molecule has 0 aromatic heterocycles. The van der Waals surface area contributed by atoms with Gasteiger partial charge < -0.3 is 4.74 Å². The molecule has 0 N–H and O–H groups in total. The number of nitriles is 1. The standard InChI is InChI=1S/C12H12ClNO2/c1-3-16-12(15)6-9-5-11(13)10(7-14)4-8(9)2/h4-5H,3,6H2,1-2H3. The fourth-order valence-electron chi connectivity index (χ4n) is 1.37. The van der Waals surface area contributed by atoms with Gasteiger partial charge in [-0.15, -0.1) is 0 Å². The number of hydrogen-bond acceptors (Lipinski definition) is 3. The van der Waals surface area contributed by atoms with Crippen molar-refractivity contribution in [1.82, 2.24) is 0 Å². The Labute approximate surface area is 99.6 Å². The lowest BCUT2D eigenvalue weighted by Crippen LogP contribution is -2.08. The second-order valence-corrected chi connectivity index (χ2v) is 3.76. The average molecular weight is 238 g/mol. The van der Waals surface area contributed by atoms with Crippen molar-refractivity contribution in [3.8, 4) is 6.07 Å². The molecule has 0 saturated heterocycles. The van der Waals surface area contributed by atoms with Crippen molar-refractivity contribution < 1.29 is 9.53 Å². The van der Waals surface area contributed by atoms with E-state index in [0.717, 1.165) is 11.1 Å². The van der Waals surface area contributed by atoms with E-state index in [0.29, 0.717) is 17.2 Å². The van der Waals surface area contributed by atoms with Gasteiger partial charge in [0.2, 0.25) is 0 Å². The van der Waals surface area contributed by atoms with Crippen LogP contribution in [0, 0.1) is 18.3 Å². The molecule has 0 radical (unpaired) electrons. The van der Waals surface area contributed by atoms with Crippen molar-refractivity contribution >= 4 is 17.6 Å². The lowest BCUT2D eigenvalue weighted by Gasteiger charge is -2.07. The molecular weight excluding hydrogens is 226 g/mol. The molecule has 1 aromatic carbocycles. The van der Waals surface area contributed by atoms with Gasteiger partial charge in [-0.05, 0) is 37.1 Å². The summed E-state index contributed by atoms with van der Waals surface area (Å²) < 4.78 is 4.85. The lowest BCUT2D eigenvalue weighted by atomic mass is 10.0. The van der Waals surface area contributed by atoms with Crippen LogP contribution in [0.4, 0.5) is 0 Å². The normalized spacial score (nSPS) is 9.62. The second kappa shape index (κ2) is 5.53. The monoisotopic (exact) mass is 237 g/mol. The quantitative estimate of drug-likeness (QED) is 0.760. The summed E-state index contributed by atoms with van der Waals surface area (Å²) in [4.78, 5) is 11.3. The maximum atomic E-state index is 11.3. The molecule has 0 atom stereocenters. The third kappa shape index (κ3) is 2.98. The Morgan fingerprint density at radius 3 is 2.81 bits per heavy atom. The summed E-state index contributed by atoms with van der Waals surface area (Å²) in [6.07, 6.45) is 0.186. The predicted molar refractivity (Wildman–Crippen MR) is 61.2 cm³/mol. The van der Waals surface area contributed by atoms with E-state index in [-0.39, 0.29) is 12.4 Å². The summed E-state index contributed by atoms with van der Waals surface area (Å²) in [6, 6.07) is 5.32. The second-order valence-electron chi connectivity index (χ2n) is 3.35. The molecule has 84 valence electrons.